The highest BCUT2D eigenvalue weighted by Crippen LogP contribution is 2.18. The molecule has 25 heavy (non-hydrogen) atoms. The van der Waals surface area contributed by atoms with Gasteiger partial charge in [0.1, 0.15) is 11.3 Å². The van der Waals surface area contributed by atoms with E-state index in [0.717, 1.165) is 12.0 Å². The molecule has 1 aromatic rings. The molecule has 132 valence electrons. The molecule has 2 N–H and O–H groups in total. The lowest BCUT2D eigenvalue weighted by molar-refractivity contribution is -0.117. The molecule has 4 nitrogen and oxygen atoms in total. The van der Waals surface area contributed by atoms with Crippen molar-refractivity contribution in [2.24, 2.45) is 5.92 Å². The third-order valence-corrected chi connectivity index (χ3v) is 4.01. The van der Waals surface area contributed by atoms with Gasteiger partial charge in [-0.15, -0.1) is 0 Å². The molecular weight excluding hydrogens is 314 g/mol. The molecule has 1 heterocycles. The first-order chi connectivity index (χ1) is 14.0. The highest BCUT2D eigenvalue weighted by molar-refractivity contribution is 6.27. The normalized spacial score (nSPS) is 24.4. The van der Waals surface area contributed by atoms with E-state index in [2.05, 4.69) is 12.2 Å². The molecule has 0 bridgehead atoms. The van der Waals surface area contributed by atoms with Crippen LogP contribution < -0.4 is 5.32 Å². The van der Waals surface area contributed by atoms with Crippen LogP contribution in [0.2, 0.25) is 0 Å². The predicted octanol–water partition coefficient (Wildman–Crippen LogP) is 3.66. The molecule has 1 aromatic carbocycles. The highest BCUT2D eigenvalue weighted by atomic mass is 16.3. The fourth-order valence-electron chi connectivity index (χ4n) is 2.47. The van der Waals surface area contributed by atoms with E-state index in [0.29, 0.717) is 5.92 Å². The van der Waals surface area contributed by atoms with Crippen LogP contribution in [0.5, 0.6) is 0 Å². The van der Waals surface area contributed by atoms with Gasteiger partial charge >= 0.3 is 0 Å². The van der Waals surface area contributed by atoms with Crippen molar-refractivity contribution in [3.8, 4) is 0 Å². The van der Waals surface area contributed by atoms with Crippen molar-refractivity contribution in [2.75, 3.05) is 0 Å². The van der Waals surface area contributed by atoms with Crippen LogP contribution >= 0.6 is 0 Å². The van der Waals surface area contributed by atoms with Crippen molar-refractivity contribution in [2.45, 2.75) is 39.7 Å². The van der Waals surface area contributed by atoms with Crippen molar-refractivity contribution in [3.63, 3.8) is 0 Å². The maximum absolute atomic E-state index is 12.7. The Labute approximate surface area is 156 Å². The number of carbonyl (C=O) groups is 2. The SMILES string of the molecule is [2H]c1c([2H])c([2H])c(C[C@@H]2NC(=O)\C(=C(O)/C=C/C(C)=C/C(C)CC)C2=O)c([2H])c1[2H]. The molecule has 4 heteroatoms. The topological polar surface area (TPSA) is 66.4 Å². The molecule has 1 fully saturated rings. The second kappa shape index (κ2) is 8.47. The summed E-state index contributed by atoms with van der Waals surface area (Å²) < 4.78 is 39.0. The Morgan fingerprint density at radius 3 is 2.64 bits per heavy atom. The van der Waals surface area contributed by atoms with E-state index in [1.807, 2.05) is 19.9 Å². The molecule has 2 rings (SSSR count). The molecule has 1 aliphatic heterocycles. The molecule has 1 saturated heterocycles. The largest absolute Gasteiger partial charge is 0.507 e. The predicted molar refractivity (Wildman–Crippen MR) is 99.1 cm³/mol. The van der Waals surface area contributed by atoms with Crippen LogP contribution in [0.15, 0.2) is 65.3 Å². The van der Waals surface area contributed by atoms with Gasteiger partial charge in [0.05, 0.1) is 12.9 Å². The van der Waals surface area contributed by atoms with Crippen LogP contribution in [0.3, 0.4) is 0 Å². The number of benzene rings is 1. The first-order valence-electron chi connectivity index (χ1n) is 10.7. The van der Waals surface area contributed by atoms with Gasteiger partial charge in [-0.3, -0.25) is 9.59 Å². The molecule has 2 atom stereocenters. The molecule has 0 aromatic heterocycles. The maximum atomic E-state index is 12.7. The standard InChI is InChI=1S/C21H25NO3/c1-4-14(2)12-15(3)10-11-18(23)19-20(24)17(22-21(19)25)13-16-8-6-5-7-9-16/h5-12,14,17,23H,4,13H2,1-3H3,(H,22,25)/b11-10+,15-12+,19-18+/t14?,17-/m0/s1/i5D,6D,7D,8D,9D. The Bertz CT molecular complexity index is 952. The summed E-state index contributed by atoms with van der Waals surface area (Å²) in [6, 6.07) is -3.50. The summed E-state index contributed by atoms with van der Waals surface area (Å²) in [7, 11) is 0. The molecule has 0 aliphatic carbocycles. The van der Waals surface area contributed by atoms with E-state index in [-0.39, 0.29) is 12.0 Å². The zero-order valence-corrected chi connectivity index (χ0v) is 14.6. The monoisotopic (exact) mass is 344 g/mol. The van der Waals surface area contributed by atoms with Gasteiger partial charge in [-0.25, -0.2) is 0 Å². The van der Waals surface area contributed by atoms with Crippen molar-refractivity contribution >= 4 is 11.7 Å². The number of rotatable bonds is 6. The van der Waals surface area contributed by atoms with Gasteiger partial charge in [-0.05, 0) is 24.5 Å². The number of ketones is 1. The van der Waals surface area contributed by atoms with Crippen molar-refractivity contribution in [1.29, 1.82) is 0 Å². The van der Waals surface area contributed by atoms with Crippen molar-refractivity contribution in [1.82, 2.24) is 5.32 Å². The van der Waals surface area contributed by atoms with Gasteiger partial charge in [-0.1, -0.05) is 68.2 Å². The molecule has 0 saturated carbocycles. The quantitative estimate of drug-likeness (QED) is 0.358. The smallest absolute Gasteiger partial charge is 0.259 e. The second-order valence-corrected chi connectivity index (χ2v) is 6.09. The van der Waals surface area contributed by atoms with Crippen molar-refractivity contribution < 1.29 is 21.5 Å². The fraction of sp³-hybridized carbons (Fsp3) is 0.333. The summed E-state index contributed by atoms with van der Waals surface area (Å²) in [5.74, 6) is -1.57. The van der Waals surface area contributed by atoms with Crippen molar-refractivity contribution in [3.05, 3.63) is 70.9 Å². The Morgan fingerprint density at radius 2 is 2.00 bits per heavy atom. The van der Waals surface area contributed by atoms with Crippen LogP contribution in [0, 0.1) is 5.92 Å². The van der Waals surface area contributed by atoms with Gasteiger partial charge in [0.15, 0.2) is 5.78 Å². The fourth-order valence-corrected chi connectivity index (χ4v) is 2.47. The van der Waals surface area contributed by atoms with Crippen LogP contribution in [-0.2, 0) is 16.0 Å². The lowest BCUT2D eigenvalue weighted by Crippen LogP contribution is -2.31. The average molecular weight is 344 g/mol. The summed E-state index contributed by atoms with van der Waals surface area (Å²) in [6.45, 7) is 5.94. The lowest BCUT2D eigenvalue weighted by Gasteiger charge is -2.07. The van der Waals surface area contributed by atoms with E-state index in [1.165, 1.54) is 6.08 Å². The second-order valence-electron chi connectivity index (χ2n) is 6.09. The Hall–Kier alpha value is -2.62. The number of aliphatic hydroxyl groups is 1. The molecule has 0 spiro atoms. The zero-order valence-electron chi connectivity index (χ0n) is 19.6. The summed E-state index contributed by atoms with van der Waals surface area (Å²) in [6.07, 6.45) is 5.59. The van der Waals surface area contributed by atoms with E-state index in [9.17, 15) is 14.7 Å². The average Bonchev–Trinajstić information content (AvgIpc) is 2.99. The summed E-state index contributed by atoms with van der Waals surface area (Å²) in [5.41, 5.74) is 0.404. The molecule has 0 radical (unpaired) electrons. The first kappa shape index (κ1) is 12.7. The zero-order chi connectivity index (χ0) is 22.7. The number of allylic oxidation sites excluding steroid dienone is 4. The van der Waals surface area contributed by atoms with Gasteiger partial charge in [0, 0.05) is 6.42 Å². The molecule has 1 amide bonds. The maximum Gasteiger partial charge on any atom is 0.259 e. The third kappa shape index (κ3) is 4.92. The van der Waals surface area contributed by atoms with E-state index in [1.54, 1.807) is 6.08 Å². The van der Waals surface area contributed by atoms with Gasteiger partial charge < -0.3 is 10.4 Å². The van der Waals surface area contributed by atoms with Crippen LogP contribution in [0.25, 0.3) is 0 Å². The number of nitrogens with one attached hydrogen (secondary N) is 1. The summed E-state index contributed by atoms with van der Waals surface area (Å²) in [4.78, 5) is 24.9. The summed E-state index contributed by atoms with van der Waals surface area (Å²) >= 11 is 0. The Kier molecular flexibility index (Phi) is 4.30. The van der Waals surface area contributed by atoms with Crippen LogP contribution in [-0.4, -0.2) is 22.8 Å². The van der Waals surface area contributed by atoms with Gasteiger partial charge in [0.25, 0.3) is 5.91 Å². The minimum Gasteiger partial charge on any atom is -0.507 e. The van der Waals surface area contributed by atoms with Crippen LogP contribution in [0.1, 0.15) is 39.6 Å². The minimum absolute atomic E-state index is 0.0664. The minimum atomic E-state index is -1.12. The number of hydrogen-bond acceptors (Lipinski definition) is 3. The highest BCUT2D eigenvalue weighted by Gasteiger charge is 2.37. The number of aliphatic hydroxyl groups excluding tert-OH is 1. The third-order valence-electron chi connectivity index (χ3n) is 4.01. The van der Waals surface area contributed by atoms with Gasteiger partial charge in [0.2, 0.25) is 0 Å². The van der Waals surface area contributed by atoms with E-state index < -0.39 is 59.3 Å². The van der Waals surface area contributed by atoms with Gasteiger partial charge in [-0.2, -0.15) is 0 Å². The van der Waals surface area contributed by atoms with E-state index >= 15 is 0 Å². The number of Topliss-reactive ketones (excluding diaryl/α,β-unsaturated/α-hetero) is 1. The van der Waals surface area contributed by atoms with E-state index in [4.69, 9.17) is 6.85 Å². The number of amides is 1. The Balaban J connectivity index is 2.31. The molecule has 1 unspecified atom stereocenters. The molecular formula is C21H25NO3. The molecule has 1 aliphatic rings. The summed E-state index contributed by atoms with van der Waals surface area (Å²) in [5, 5.41) is 12.7. The first-order valence-corrected chi connectivity index (χ1v) is 8.20. The Morgan fingerprint density at radius 1 is 1.32 bits per heavy atom. The number of carbonyl (C=O) groups excluding carboxylic acids is 2. The lowest BCUT2D eigenvalue weighted by atomic mass is 10.0. The van der Waals surface area contributed by atoms with Crippen LogP contribution in [0.4, 0.5) is 0 Å². The number of hydrogen-bond donors (Lipinski definition) is 2.